The monoisotopic (exact) mass is 298 g/mol. The predicted octanol–water partition coefficient (Wildman–Crippen LogP) is 1.04. The summed E-state index contributed by atoms with van der Waals surface area (Å²) in [6.45, 7) is 12.3. The summed E-state index contributed by atoms with van der Waals surface area (Å²) in [4.78, 5) is 17.1. The van der Waals surface area contributed by atoms with Crippen molar-refractivity contribution in [3.05, 3.63) is 0 Å². The second kappa shape index (κ2) is 10.1. The molecule has 3 N–H and O–H groups in total. The van der Waals surface area contributed by atoms with Crippen LogP contribution in [0.4, 0.5) is 0 Å². The minimum atomic E-state index is -0.0277. The van der Waals surface area contributed by atoms with E-state index in [0.29, 0.717) is 6.04 Å². The molecule has 1 aliphatic heterocycles. The van der Waals surface area contributed by atoms with Crippen molar-refractivity contribution in [1.29, 1.82) is 0 Å². The molecule has 0 spiro atoms. The Morgan fingerprint density at radius 3 is 2.52 bits per heavy atom. The van der Waals surface area contributed by atoms with Crippen molar-refractivity contribution in [2.24, 2.45) is 5.73 Å². The minimum Gasteiger partial charge on any atom is -0.352 e. The molecule has 124 valence electrons. The molecular formula is C16H34N4O. The summed E-state index contributed by atoms with van der Waals surface area (Å²) in [5, 5.41) is 3.17. The molecule has 1 rings (SSSR count). The van der Waals surface area contributed by atoms with E-state index in [-0.39, 0.29) is 11.9 Å². The van der Waals surface area contributed by atoms with Gasteiger partial charge in [-0.05, 0) is 52.2 Å². The lowest BCUT2D eigenvalue weighted by atomic mass is 10.1. The first-order chi connectivity index (χ1) is 10.1. The van der Waals surface area contributed by atoms with E-state index in [2.05, 4.69) is 29.0 Å². The number of nitrogens with zero attached hydrogens (tertiary/aromatic N) is 2. The molecule has 0 radical (unpaired) electrons. The molecule has 1 atom stereocenters. The molecular weight excluding hydrogens is 264 g/mol. The zero-order chi connectivity index (χ0) is 15.7. The number of nitrogens with two attached hydrogens (primary N) is 1. The van der Waals surface area contributed by atoms with Crippen LogP contribution in [0.1, 0.15) is 46.5 Å². The molecule has 1 saturated heterocycles. The van der Waals surface area contributed by atoms with E-state index in [0.717, 1.165) is 65.0 Å². The Labute approximate surface area is 130 Å². The highest BCUT2D eigenvalue weighted by Gasteiger charge is 2.24. The Bertz CT molecular complexity index is 294. The average molecular weight is 298 g/mol. The number of rotatable bonds is 8. The Balaban J connectivity index is 2.43. The molecule has 5 nitrogen and oxygen atoms in total. The molecule has 1 amide bonds. The molecule has 1 fully saturated rings. The lowest BCUT2D eigenvalue weighted by Crippen LogP contribution is -2.49. The van der Waals surface area contributed by atoms with Gasteiger partial charge >= 0.3 is 0 Å². The molecule has 0 aromatic rings. The van der Waals surface area contributed by atoms with E-state index in [4.69, 9.17) is 5.73 Å². The maximum Gasteiger partial charge on any atom is 0.237 e. The average Bonchev–Trinajstić information content (AvgIpc) is 2.75. The van der Waals surface area contributed by atoms with Crippen molar-refractivity contribution >= 4 is 5.91 Å². The summed E-state index contributed by atoms with van der Waals surface area (Å²) < 4.78 is 0. The maximum atomic E-state index is 12.4. The van der Waals surface area contributed by atoms with Crippen LogP contribution in [0, 0.1) is 0 Å². The Morgan fingerprint density at radius 1 is 1.19 bits per heavy atom. The standard InChI is InChI=1S/C16H34N4O/c1-4-15(5-2)18-16(21)14(3)20-11-7-10-19(12-13-20)9-6-8-17/h14-15H,4-13,17H2,1-3H3,(H,18,21). The van der Waals surface area contributed by atoms with E-state index in [1.165, 1.54) is 0 Å². The molecule has 0 aliphatic carbocycles. The summed E-state index contributed by atoms with van der Waals surface area (Å²) in [5.74, 6) is 0.180. The normalized spacial score (nSPS) is 19.5. The molecule has 1 aliphatic rings. The van der Waals surface area contributed by atoms with Crippen LogP contribution in [0.25, 0.3) is 0 Å². The number of carbonyl (C=O) groups excluding carboxylic acids is 1. The molecule has 0 bridgehead atoms. The largest absolute Gasteiger partial charge is 0.352 e. The Morgan fingerprint density at radius 2 is 1.90 bits per heavy atom. The van der Waals surface area contributed by atoms with Gasteiger partial charge in [0, 0.05) is 25.7 Å². The molecule has 21 heavy (non-hydrogen) atoms. The van der Waals surface area contributed by atoms with E-state index >= 15 is 0 Å². The first kappa shape index (κ1) is 18.4. The van der Waals surface area contributed by atoms with Crippen molar-refractivity contribution in [3.8, 4) is 0 Å². The number of hydrogen-bond donors (Lipinski definition) is 2. The van der Waals surface area contributed by atoms with Crippen LogP contribution in [0.5, 0.6) is 0 Å². The predicted molar refractivity (Wildman–Crippen MR) is 88.3 cm³/mol. The number of carbonyl (C=O) groups is 1. The molecule has 5 heteroatoms. The summed E-state index contributed by atoms with van der Waals surface area (Å²) in [6.07, 6.45) is 4.20. The van der Waals surface area contributed by atoms with Gasteiger partial charge in [-0.25, -0.2) is 0 Å². The summed E-state index contributed by atoms with van der Waals surface area (Å²) >= 11 is 0. The third-order valence-corrected chi connectivity index (χ3v) is 4.56. The van der Waals surface area contributed by atoms with Gasteiger partial charge in [0.15, 0.2) is 0 Å². The van der Waals surface area contributed by atoms with Crippen LogP contribution in [0.2, 0.25) is 0 Å². The molecule has 0 aromatic heterocycles. The third kappa shape index (κ3) is 6.32. The van der Waals surface area contributed by atoms with Gasteiger partial charge in [-0.1, -0.05) is 13.8 Å². The van der Waals surface area contributed by atoms with Crippen LogP contribution >= 0.6 is 0 Å². The summed E-state index contributed by atoms with van der Waals surface area (Å²) in [5.41, 5.74) is 5.58. The number of hydrogen-bond acceptors (Lipinski definition) is 4. The van der Waals surface area contributed by atoms with Crippen LogP contribution in [-0.2, 0) is 4.79 Å². The van der Waals surface area contributed by atoms with Crippen molar-refractivity contribution in [2.75, 3.05) is 39.3 Å². The van der Waals surface area contributed by atoms with Gasteiger partial charge in [-0.15, -0.1) is 0 Å². The fourth-order valence-corrected chi connectivity index (χ4v) is 2.90. The van der Waals surface area contributed by atoms with Crippen LogP contribution in [0.15, 0.2) is 0 Å². The highest BCUT2D eigenvalue weighted by molar-refractivity contribution is 5.81. The van der Waals surface area contributed by atoms with Crippen LogP contribution in [-0.4, -0.2) is 67.1 Å². The quantitative estimate of drug-likeness (QED) is 0.703. The van der Waals surface area contributed by atoms with Crippen LogP contribution < -0.4 is 11.1 Å². The second-order valence-electron chi connectivity index (χ2n) is 6.07. The molecule has 1 heterocycles. The maximum absolute atomic E-state index is 12.4. The molecule has 0 saturated carbocycles. The lowest BCUT2D eigenvalue weighted by Gasteiger charge is -2.28. The van der Waals surface area contributed by atoms with Gasteiger partial charge < -0.3 is 16.0 Å². The molecule has 1 unspecified atom stereocenters. The van der Waals surface area contributed by atoms with Gasteiger partial charge in [0.1, 0.15) is 0 Å². The van der Waals surface area contributed by atoms with E-state index in [1.54, 1.807) is 0 Å². The van der Waals surface area contributed by atoms with Gasteiger partial charge in [-0.3, -0.25) is 9.69 Å². The smallest absolute Gasteiger partial charge is 0.237 e. The first-order valence-electron chi connectivity index (χ1n) is 8.59. The van der Waals surface area contributed by atoms with Crippen molar-refractivity contribution in [3.63, 3.8) is 0 Å². The van der Waals surface area contributed by atoms with Crippen molar-refractivity contribution < 1.29 is 4.79 Å². The van der Waals surface area contributed by atoms with Crippen molar-refractivity contribution in [2.45, 2.75) is 58.5 Å². The first-order valence-corrected chi connectivity index (χ1v) is 8.59. The number of nitrogens with one attached hydrogen (secondary N) is 1. The lowest BCUT2D eigenvalue weighted by molar-refractivity contribution is -0.126. The fourth-order valence-electron chi connectivity index (χ4n) is 2.90. The highest BCUT2D eigenvalue weighted by atomic mass is 16.2. The van der Waals surface area contributed by atoms with E-state index in [9.17, 15) is 4.79 Å². The Kier molecular flexibility index (Phi) is 8.88. The van der Waals surface area contributed by atoms with Crippen LogP contribution in [0.3, 0.4) is 0 Å². The highest BCUT2D eigenvalue weighted by Crippen LogP contribution is 2.08. The minimum absolute atomic E-state index is 0.0277. The van der Waals surface area contributed by atoms with Gasteiger partial charge in [0.2, 0.25) is 5.91 Å². The topological polar surface area (TPSA) is 61.6 Å². The van der Waals surface area contributed by atoms with Gasteiger partial charge in [-0.2, -0.15) is 0 Å². The van der Waals surface area contributed by atoms with E-state index in [1.807, 2.05) is 6.92 Å². The van der Waals surface area contributed by atoms with E-state index < -0.39 is 0 Å². The number of amides is 1. The third-order valence-electron chi connectivity index (χ3n) is 4.56. The zero-order valence-corrected chi connectivity index (χ0v) is 14.1. The van der Waals surface area contributed by atoms with Crippen molar-refractivity contribution in [1.82, 2.24) is 15.1 Å². The summed E-state index contributed by atoms with van der Waals surface area (Å²) in [7, 11) is 0. The fraction of sp³-hybridized carbons (Fsp3) is 0.938. The SMILES string of the molecule is CCC(CC)NC(=O)C(C)N1CCCN(CCCN)CC1. The Hall–Kier alpha value is -0.650. The molecule has 0 aromatic carbocycles. The zero-order valence-electron chi connectivity index (χ0n) is 14.1. The second-order valence-corrected chi connectivity index (χ2v) is 6.07. The van der Waals surface area contributed by atoms with Gasteiger partial charge in [0.25, 0.3) is 0 Å². The summed E-state index contributed by atoms with van der Waals surface area (Å²) in [6, 6.07) is 0.285. The van der Waals surface area contributed by atoms with Gasteiger partial charge in [0.05, 0.1) is 6.04 Å².